The van der Waals surface area contributed by atoms with Crippen molar-refractivity contribution in [3.05, 3.63) is 52.6 Å². The molecule has 0 spiro atoms. The molecular weight excluding hydrogens is 360 g/mol. The molecule has 6 heteroatoms. The minimum atomic E-state index is -1.04. The number of ketones is 1. The predicted octanol–water partition coefficient (Wildman–Crippen LogP) is 4.17. The summed E-state index contributed by atoms with van der Waals surface area (Å²) in [6, 6.07) is 8.86. The van der Waals surface area contributed by atoms with Gasteiger partial charge in [0.05, 0.1) is 0 Å². The van der Waals surface area contributed by atoms with E-state index >= 15 is 0 Å². The van der Waals surface area contributed by atoms with Crippen LogP contribution in [0.4, 0.5) is 0 Å². The summed E-state index contributed by atoms with van der Waals surface area (Å²) in [5.41, 5.74) is 2.11. The predicted molar refractivity (Wildman–Crippen MR) is 104 cm³/mol. The van der Waals surface area contributed by atoms with Crippen LogP contribution in [0, 0.1) is 20.8 Å². The molecule has 0 bridgehead atoms. The Morgan fingerprint density at radius 1 is 0.750 bits per heavy atom. The number of esters is 2. The first-order valence-corrected chi connectivity index (χ1v) is 8.86. The number of ether oxygens (including phenoxy) is 3. The van der Waals surface area contributed by atoms with Crippen molar-refractivity contribution in [2.24, 2.45) is 0 Å². The maximum absolute atomic E-state index is 12.5. The highest BCUT2D eigenvalue weighted by atomic mass is 16.5. The smallest absolute Gasteiger partial charge is 0.308 e. The molecule has 148 valence electrons. The minimum Gasteiger partial charge on any atom is -0.478 e. The van der Waals surface area contributed by atoms with Crippen LogP contribution in [-0.2, 0) is 14.4 Å². The maximum atomic E-state index is 12.5. The standard InChI is InChI=1S/C22H24O6/c1-12-13(2)21(27-17(6)25)19(14(3)20(12)26-16(5)24)22(15(4)23)28-18-10-8-7-9-11-18/h7-11,22H,1-6H3. The Bertz CT molecular complexity index is 915. The molecule has 2 aromatic rings. The van der Waals surface area contributed by atoms with Gasteiger partial charge in [-0.1, -0.05) is 18.2 Å². The fraction of sp³-hybridized carbons (Fsp3) is 0.318. The molecule has 0 saturated heterocycles. The SMILES string of the molecule is CC(=O)Oc1c(C)c(C)c(OC(C)=O)c(C(Oc2ccccc2)C(C)=O)c1C. The number of hydrogen-bond acceptors (Lipinski definition) is 6. The largest absolute Gasteiger partial charge is 0.478 e. The lowest BCUT2D eigenvalue weighted by atomic mass is 9.92. The van der Waals surface area contributed by atoms with Crippen LogP contribution in [0.25, 0.3) is 0 Å². The van der Waals surface area contributed by atoms with E-state index in [0.29, 0.717) is 33.8 Å². The Kier molecular flexibility index (Phi) is 6.57. The zero-order valence-corrected chi connectivity index (χ0v) is 16.9. The molecule has 0 aliphatic rings. The maximum Gasteiger partial charge on any atom is 0.308 e. The molecule has 0 amide bonds. The molecule has 0 fully saturated rings. The van der Waals surface area contributed by atoms with Crippen molar-refractivity contribution >= 4 is 17.7 Å². The Morgan fingerprint density at radius 2 is 1.25 bits per heavy atom. The zero-order valence-electron chi connectivity index (χ0n) is 16.9. The van der Waals surface area contributed by atoms with Gasteiger partial charge in [-0.2, -0.15) is 0 Å². The van der Waals surface area contributed by atoms with Gasteiger partial charge in [-0.25, -0.2) is 0 Å². The summed E-state index contributed by atoms with van der Waals surface area (Å²) in [6.45, 7) is 9.19. The Hall–Kier alpha value is -3.15. The molecule has 0 aromatic heterocycles. The lowest BCUT2D eigenvalue weighted by Gasteiger charge is -2.25. The first-order chi connectivity index (χ1) is 13.1. The fourth-order valence-electron chi connectivity index (χ4n) is 2.98. The van der Waals surface area contributed by atoms with E-state index < -0.39 is 18.0 Å². The van der Waals surface area contributed by atoms with Crippen molar-refractivity contribution in [2.75, 3.05) is 0 Å². The highest BCUT2D eigenvalue weighted by Crippen LogP contribution is 2.42. The summed E-state index contributed by atoms with van der Waals surface area (Å²) in [4.78, 5) is 35.8. The zero-order chi connectivity index (χ0) is 21.0. The van der Waals surface area contributed by atoms with E-state index in [1.165, 1.54) is 20.8 Å². The second-order valence-corrected chi connectivity index (χ2v) is 6.56. The molecule has 0 saturated carbocycles. The fourth-order valence-corrected chi connectivity index (χ4v) is 2.98. The monoisotopic (exact) mass is 384 g/mol. The number of para-hydroxylation sites is 1. The molecule has 6 nitrogen and oxygen atoms in total. The number of rotatable bonds is 6. The summed E-state index contributed by atoms with van der Waals surface area (Å²) in [6.07, 6.45) is -1.04. The van der Waals surface area contributed by atoms with Crippen LogP contribution in [0.5, 0.6) is 17.2 Å². The molecule has 2 aromatic carbocycles. The third-order valence-corrected chi connectivity index (χ3v) is 4.35. The van der Waals surface area contributed by atoms with Crippen molar-refractivity contribution in [3.8, 4) is 17.2 Å². The van der Waals surface area contributed by atoms with E-state index in [1.807, 2.05) is 6.07 Å². The van der Waals surface area contributed by atoms with Crippen molar-refractivity contribution in [1.29, 1.82) is 0 Å². The second-order valence-electron chi connectivity index (χ2n) is 6.56. The van der Waals surface area contributed by atoms with Crippen LogP contribution < -0.4 is 14.2 Å². The summed E-state index contributed by atoms with van der Waals surface area (Å²) in [5, 5.41) is 0. The Morgan fingerprint density at radius 3 is 1.75 bits per heavy atom. The number of benzene rings is 2. The summed E-state index contributed by atoms with van der Waals surface area (Å²) in [7, 11) is 0. The molecule has 0 N–H and O–H groups in total. The number of carbonyl (C=O) groups excluding carboxylic acids is 3. The van der Waals surface area contributed by atoms with Gasteiger partial charge in [0.1, 0.15) is 17.2 Å². The van der Waals surface area contributed by atoms with E-state index in [4.69, 9.17) is 14.2 Å². The lowest BCUT2D eigenvalue weighted by molar-refractivity contribution is -0.133. The molecule has 1 atom stereocenters. The van der Waals surface area contributed by atoms with Gasteiger partial charge in [0.2, 0.25) is 0 Å². The quantitative estimate of drug-likeness (QED) is 0.549. The Labute approximate surface area is 164 Å². The summed E-state index contributed by atoms with van der Waals surface area (Å²) in [5.74, 6) is -0.223. The first-order valence-electron chi connectivity index (χ1n) is 8.86. The van der Waals surface area contributed by atoms with Crippen LogP contribution in [0.3, 0.4) is 0 Å². The van der Waals surface area contributed by atoms with E-state index in [9.17, 15) is 14.4 Å². The summed E-state index contributed by atoms with van der Waals surface area (Å²) >= 11 is 0. The van der Waals surface area contributed by atoms with Crippen LogP contribution in [0.15, 0.2) is 30.3 Å². The molecular formula is C22H24O6. The van der Waals surface area contributed by atoms with Gasteiger partial charge >= 0.3 is 11.9 Å². The average Bonchev–Trinajstić information content (AvgIpc) is 2.62. The third-order valence-electron chi connectivity index (χ3n) is 4.35. The van der Waals surface area contributed by atoms with Gasteiger partial charge in [0.25, 0.3) is 0 Å². The van der Waals surface area contributed by atoms with Gasteiger partial charge in [0, 0.05) is 25.0 Å². The van der Waals surface area contributed by atoms with Gasteiger partial charge < -0.3 is 14.2 Å². The highest BCUT2D eigenvalue weighted by Gasteiger charge is 2.31. The lowest BCUT2D eigenvalue weighted by Crippen LogP contribution is -2.21. The van der Waals surface area contributed by atoms with Gasteiger partial charge in [0.15, 0.2) is 11.9 Å². The summed E-state index contributed by atoms with van der Waals surface area (Å²) < 4.78 is 16.8. The van der Waals surface area contributed by atoms with E-state index in [0.717, 1.165) is 0 Å². The number of Topliss-reactive ketones (excluding diaryl/α,β-unsaturated/α-hetero) is 1. The molecule has 0 aliphatic heterocycles. The van der Waals surface area contributed by atoms with E-state index in [2.05, 4.69) is 0 Å². The number of hydrogen-bond donors (Lipinski definition) is 0. The van der Waals surface area contributed by atoms with Crippen LogP contribution >= 0.6 is 0 Å². The van der Waals surface area contributed by atoms with Crippen molar-refractivity contribution in [1.82, 2.24) is 0 Å². The first kappa shape index (κ1) is 21.2. The molecule has 2 rings (SSSR count). The van der Waals surface area contributed by atoms with Crippen molar-refractivity contribution in [2.45, 2.75) is 47.6 Å². The Balaban J connectivity index is 2.75. The molecule has 0 heterocycles. The van der Waals surface area contributed by atoms with Crippen molar-refractivity contribution < 1.29 is 28.6 Å². The van der Waals surface area contributed by atoms with E-state index in [1.54, 1.807) is 45.0 Å². The van der Waals surface area contributed by atoms with Crippen LogP contribution in [0.2, 0.25) is 0 Å². The van der Waals surface area contributed by atoms with Crippen LogP contribution in [0.1, 0.15) is 49.1 Å². The third kappa shape index (κ3) is 4.57. The highest BCUT2D eigenvalue weighted by molar-refractivity contribution is 5.85. The average molecular weight is 384 g/mol. The normalized spacial score (nSPS) is 11.5. The molecule has 1 unspecified atom stereocenters. The van der Waals surface area contributed by atoms with Gasteiger partial charge in [-0.05, 0) is 51.0 Å². The number of carbonyl (C=O) groups is 3. The van der Waals surface area contributed by atoms with Gasteiger partial charge in [-0.3, -0.25) is 14.4 Å². The minimum absolute atomic E-state index is 0.245. The van der Waals surface area contributed by atoms with Gasteiger partial charge in [-0.15, -0.1) is 0 Å². The van der Waals surface area contributed by atoms with Crippen LogP contribution in [-0.4, -0.2) is 17.7 Å². The molecule has 0 radical (unpaired) electrons. The van der Waals surface area contributed by atoms with E-state index in [-0.39, 0.29) is 11.5 Å². The topological polar surface area (TPSA) is 78.9 Å². The molecule has 0 aliphatic carbocycles. The molecule has 28 heavy (non-hydrogen) atoms. The second kappa shape index (κ2) is 8.69. The van der Waals surface area contributed by atoms with Crippen molar-refractivity contribution in [3.63, 3.8) is 0 Å².